The van der Waals surface area contributed by atoms with Gasteiger partial charge in [0.15, 0.2) is 0 Å². The first-order valence-electron chi connectivity index (χ1n) is 6.82. The molecule has 0 aliphatic heterocycles. The molecule has 0 bridgehead atoms. The van der Waals surface area contributed by atoms with Crippen LogP contribution in [0.4, 0.5) is 0 Å². The zero-order valence-electron chi connectivity index (χ0n) is 11.8. The normalized spacial score (nSPS) is 25.6. The molecule has 1 aromatic heterocycles. The Hall–Kier alpha value is -2.09. The van der Waals surface area contributed by atoms with E-state index in [1.807, 2.05) is 0 Å². The topological polar surface area (TPSA) is 75.0 Å². The number of nitrogens with zero attached hydrogens (tertiary/aromatic N) is 2. The maximum Gasteiger partial charge on any atom is 0.256 e. The average Bonchev–Trinajstić information content (AvgIpc) is 2.49. The number of carbonyl (C=O) groups is 1. The molecule has 1 aliphatic rings. The van der Waals surface area contributed by atoms with Gasteiger partial charge >= 0.3 is 0 Å². The van der Waals surface area contributed by atoms with Gasteiger partial charge in [0.2, 0.25) is 0 Å². The van der Waals surface area contributed by atoms with Crippen LogP contribution in [0.3, 0.4) is 0 Å². The summed E-state index contributed by atoms with van der Waals surface area (Å²) < 4.78 is 5.13. The molecule has 5 nitrogen and oxygen atoms in total. The van der Waals surface area contributed by atoms with Crippen molar-refractivity contribution in [2.24, 2.45) is 5.92 Å². The maximum atomic E-state index is 12.4. The number of rotatable bonds is 3. The van der Waals surface area contributed by atoms with Crippen molar-refractivity contribution in [1.29, 1.82) is 5.26 Å². The van der Waals surface area contributed by atoms with Gasteiger partial charge in [-0.2, -0.15) is 5.26 Å². The average molecular weight is 273 g/mol. The fraction of sp³-hybridized carbons (Fsp3) is 0.533. The van der Waals surface area contributed by atoms with Crippen LogP contribution in [0, 0.1) is 17.2 Å². The summed E-state index contributed by atoms with van der Waals surface area (Å²) in [5, 5.41) is 12.3. The van der Waals surface area contributed by atoms with E-state index in [9.17, 15) is 10.1 Å². The van der Waals surface area contributed by atoms with Gasteiger partial charge in [0.05, 0.1) is 24.9 Å². The van der Waals surface area contributed by atoms with Gasteiger partial charge in [0.1, 0.15) is 11.3 Å². The molecule has 2 rings (SSSR count). The Labute approximate surface area is 119 Å². The van der Waals surface area contributed by atoms with Crippen molar-refractivity contribution in [2.45, 2.75) is 38.1 Å². The first kappa shape index (κ1) is 14.3. The molecule has 1 fully saturated rings. The predicted molar refractivity (Wildman–Crippen MR) is 74.2 cm³/mol. The van der Waals surface area contributed by atoms with Gasteiger partial charge < -0.3 is 10.1 Å². The molecule has 0 radical (unpaired) electrons. The Bertz CT molecular complexity index is 528. The monoisotopic (exact) mass is 273 g/mol. The van der Waals surface area contributed by atoms with Crippen molar-refractivity contribution >= 4 is 5.91 Å². The second-order valence-electron chi connectivity index (χ2n) is 5.41. The van der Waals surface area contributed by atoms with Gasteiger partial charge in [-0.15, -0.1) is 0 Å². The first-order valence-corrected chi connectivity index (χ1v) is 6.82. The lowest BCUT2D eigenvalue weighted by Gasteiger charge is -2.34. The van der Waals surface area contributed by atoms with Crippen LogP contribution in [-0.2, 0) is 0 Å². The van der Waals surface area contributed by atoms with E-state index in [2.05, 4.69) is 23.3 Å². The van der Waals surface area contributed by atoms with Crippen LogP contribution in [-0.4, -0.2) is 23.5 Å². The number of nitriles is 1. The number of methoxy groups -OCH3 is 1. The number of ether oxygens (including phenoxy) is 1. The highest BCUT2D eigenvalue weighted by molar-refractivity contribution is 5.97. The van der Waals surface area contributed by atoms with Crippen LogP contribution in [0.25, 0.3) is 0 Å². The summed E-state index contributed by atoms with van der Waals surface area (Å²) in [7, 11) is 1.50. The third-order valence-corrected chi connectivity index (χ3v) is 3.94. The molecular weight excluding hydrogens is 254 g/mol. The number of hydrogen-bond donors (Lipinski definition) is 1. The number of carbonyl (C=O) groups excluding carboxylic acids is 1. The van der Waals surface area contributed by atoms with E-state index in [1.54, 1.807) is 12.3 Å². The summed E-state index contributed by atoms with van der Waals surface area (Å²) in [4.78, 5) is 16.3. The zero-order chi connectivity index (χ0) is 14.6. The molecule has 20 heavy (non-hydrogen) atoms. The fourth-order valence-electron chi connectivity index (χ4n) is 2.53. The molecule has 1 N–H and O–H groups in total. The van der Waals surface area contributed by atoms with E-state index >= 15 is 0 Å². The Balaban J connectivity index is 2.16. The highest BCUT2D eigenvalue weighted by atomic mass is 16.5. The highest BCUT2D eigenvalue weighted by Gasteiger charge is 2.36. The zero-order valence-corrected chi connectivity index (χ0v) is 11.8. The molecule has 1 amide bonds. The van der Waals surface area contributed by atoms with Gasteiger partial charge in [0, 0.05) is 6.20 Å². The van der Waals surface area contributed by atoms with Crippen molar-refractivity contribution in [1.82, 2.24) is 10.3 Å². The van der Waals surface area contributed by atoms with Crippen LogP contribution in [0.1, 0.15) is 43.0 Å². The summed E-state index contributed by atoms with van der Waals surface area (Å²) in [5.74, 6) is 0.756. The molecule has 1 heterocycles. The Morgan fingerprint density at radius 1 is 1.55 bits per heavy atom. The van der Waals surface area contributed by atoms with E-state index in [0.717, 1.165) is 12.8 Å². The van der Waals surface area contributed by atoms with Gasteiger partial charge in [0.25, 0.3) is 5.91 Å². The van der Waals surface area contributed by atoms with Gasteiger partial charge in [-0.25, -0.2) is 0 Å². The minimum Gasteiger partial charge on any atom is -0.494 e. The molecule has 0 aromatic carbocycles. The summed E-state index contributed by atoms with van der Waals surface area (Å²) in [6.45, 7) is 2.18. The van der Waals surface area contributed by atoms with Crippen LogP contribution < -0.4 is 10.1 Å². The van der Waals surface area contributed by atoms with Crippen molar-refractivity contribution in [3.63, 3.8) is 0 Å². The van der Waals surface area contributed by atoms with Crippen molar-refractivity contribution < 1.29 is 9.53 Å². The smallest absolute Gasteiger partial charge is 0.256 e. The molecule has 1 aromatic rings. The highest BCUT2D eigenvalue weighted by Crippen LogP contribution is 2.32. The number of pyridine rings is 1. The second kappa shape index (κ2) is 5.91. The van der Waals surface area contributed by atoms with E-state index < -0.39 is 5.54 Å². The largest absolute Gasteiger partial charge is 0.494 e. The van der Waals surface area contributed by atoms with E-state index in [-0.39, 0.29) is 5.91 Å². The Morgan fingerprint density at radius 3 is 2.85 bits per heavy atom. The number of nitrogens with one attached hydrogen (secondary N) is 1. The van der Waals surface area contributed by atoms with E-state index in [4.69, 9.17) is 4.74 Å². The molecule has 0 saturated heterocycles. The molecular formula is C15H19N3O2. The van der Waals surface area contributed by atoms with Gasteiger partial charge in [-0.05, 0) is 37.7 Å². The third kappa shape index (κ3) is 2.90. The van der Waals surface area contributed by atoms with Crippen LogP contribution in [0.15, 0.2) is 18.5 Å². The maximum absolute atomic E-state index is 12.4. The van der Waals surface area contributed by atoms with E-state index in [0.29, 0.717) is 30.1 Å². The number of amides is 1. The number of aromatic nitrogens is 1. The fourth-order valence-corrected chi connectivity index (χ4v) is 2.53. The predicted octanol–water partition coefficient (Wildman–Crippen LogP) is 2.29. The molecule has 5 heteroatoms. The van der Waals surface area contributed by atoms with Crippen LogP contribution in [0.2, 0.25) is 0 Å². The minimum absolute atomic E-state index is 0.277. The first-order chi connectivity index (χ1) is 9.60. The quantitative estimate of drug-likeness (QED) is 0.916. The Kier molecular flexibility index (Phi) is 4.23. The molecule has 0 unspecified atom stereocenters. The summed E-state index contributed by atoms with van der Waals surface area (Å²) in [5.41, 5.74) is -0.339. The molecule has 1 saturated carbocycles. The summed E-state index contributed by atoms with van der Waals surface area (Å²) >= 11 is 0. The molecule has 0 spiro atoms. The van der Waals surface area contributed by atoms with Crippen LogP contribution >= 0.6 is 0 Å². The minimum atomic E-state index is -0.752. The van der Waals surface area contributed by atoms with Crippen molar-refractivity contribution in [3.05, 3.63) is 24.0 Å². The lowest BCUT2D eigenvalue weighted by Crippen LogP contribution is -2.49. The van der Waals surface area contributed by atoms with E-state index in [1.165, 1.54) is 13.3 Å². The Morgan fingerprint density at radius 2 is 2.25 bits per heavy atom. The van der Waals surface area contributed by atoms with Gasteiger partial charge in [-0.1, -0.05) is 6.92 Å². The van der Waals surface area contributed by atoms with Crippen molar-refractivity contribution in [3.8, 4) is 11.8 Å². The lowest BCUT2D eigenvalue weighted by atomic mass is 9.78. The summed E-state index contributed by atoms with van der Waals surface area (Å²) in [6, 6.07) is 3.89. The van der Waals surface area contributed by atoms with Gasteiger partial charge in [-0.3, -0.25) is 9.78 Å². The lowest BCUT2D eigenvalue weighted by molar-refractivity contribution is 0.0890. The second-order valence-corrected chi connectivity index (χ2v) is 5.41. The molecule has 0 atom stereocenters. The SMILES string of the molecule is COc1cnccc1C(=O)NC1(C#N)CCC(C)CC1. The number of hydrogen-bond acceptors (Lipinski definition) is 4. The third-order valence-electron chi connectivity index (χ3n) is 3.94. The standard InChI is InChI=1S/C15H19N3O2/c1-11-3-6-15(10-16,7-4-11)18-14(19)12-5-8-17-9-13(12)20-2/h5,8-9,11H,3-4,6-7H2,1-2H3,(H,18,19). The molecule has 1 aliphatic carbocycles. The van der Waals surface area contributed by atoms with Crippen molar-refractivity contribution in [2.75, 3.05) is 7.11 Å². The summed E-state index contributed by atoms with van der Waals surface area (Å²) in [6.07, 6.45) is 6.35. The van der Waals surface area contributed by atoms with Crippen LogP contribution in [0.5, 0.6) is 5.75 Å². The molecule has 106 valence electrons.